The topological polar surface area (TPSA) is 74.5 Å². The van der Waals surface area contributed by atoms with Crippen molar-refractivity contribution >= 4 is 22.8 Å². The second-order valence-electron chi connectivity index (χ2n) is 7.61. The molecule has 3 heterocycles. The number of amides is 2. The van der Waals surface area contributed by atoms with E-state index in [0.29, 0.717) is 19.0 Å². The van der Waals surface area contributed by atoms with Crippen LogP contribution in [-0.4, -0.2) is 52.0 Å². The van der Waals surface area contributed by atoms with Crippen LogP contribution in [0.3, 0.4) is 0 Å². The Kier molecular flexibility index (Phi) is 5.33. The first kappa shape index (κ1) is 19.3. The number of hydrogen-bond donors (Lipinski definition) is 1. The van der Waals surface area contributed by atoms with Crippen LogP contribution in [-0.2, 0) is 6.54 Å². The molecule has 2 aromatic carbocycles. The van der Waals surface area contributed by atoms with Crippen LogP contribution in [0.2, 0.25) is 0 Å². The van der Waals surface area contributed by atoms with Gasteiger partial charge in [-0.05, 0) is 54.1 Å². The summed E-state index contributed by atoms with van der Waals surface area (Å²) in [7, 11) is 0. The van der Waals surface area contributed by atoms with Crippen LogP contribution in [0.1, 0.15) is 5.56 Å². The second-order valence-corrected chi connectivity index (χ2v) is 7.61. The maximum Gasteiger partial charge on any atom is 0.321 e. The summed E-state index contributed by atoms with van der Waals surface area (Å²) in [6.07, 6.45) is 3.63. The van der Waals surface area contributed by atoms with Crippen LogP contribution in [0.5, 0.6) is 0 Å². The summed E-state index contributed by atoms with van der Waals surface area (Å²) in [4.78, 5) is 25.4. The Hall–Kier alpha value is -3.71. The number of urea groups is 1. The van der Waals surface area contributed by atoms with Crippen LogP contribution < -0.4 is 5.32 Å². The second kappa shape index (κ2) is 8.57. The van der Waals surface area contributed by atoms with E-state index < -0.39 is 0 Å². The van der Waals surface area contributed by atoms with Crippen molar-refractivity contribution in [2.45, 2.75) is 6.54 Å². The fraction of sp³-hybridized carbons (Fsp3) is 0.208. The van der Waals surface area contributed by atoms with Crippen molar-refractivity contribution < 1.29 is 9.21 Å². The van der Waals surface area contributed by atoms with E-state index in [9.17, 15) is 4.79 Å². The van der Waals surface area contributed by atoms with Gasteiger partial charge in [-0.3, -0.25) is 9.88 Å². The number of rotatable bonds is 4. The quantitative estimate of drug-likeness (QED) is 0.542. The van der Waals surface area contributed by atoms with Crippen molar-refractivity contribution in [3.05, 3.63) is 78.6 Å². The third-order valence-corrected chi connectivity index (χ3v) is 5.49. The lowest BCUT2D eigenvalue weighted by atomic mass is 10.2. The molecule has 0 unspecified atom stereocenters. The van der Waals surface area contributed by atoms with Gasteiger partial charge in [0.1, 0.15) is 5.52 Å². The summed E-state index contributed by atoms with van der Waals surface area (Å²) in [6.45, 7) is 4.00. The number of anilines is 1. The minimum Gasteiger partial charge on any atom is -0.436 e. The lowest BCUT2D eigenvalue weighted by Crippen LogP contribution is -2.49. The third kappa shape index (κ3) is 4.41. The van der Waals surface area contributed by atoms with Gasteiger partial charge in [0, 0.05) is 56.4 Å². The number of oxazole rings is 1. The molecule has 1 aliphatic heterocycles. The van der Waals surface area contributed by atoms with Gasteiger partial charge in [-0.2, -0.15) is 0 Å². The molecular formula is C24H23N5O2. The average Bonchev–Trinajstić information content (AvgIpc) is 3.25. The highest BCUT2D eigenvalue weighted by atomic mass is 16.3. The monoisotopic (exact) mass is 413 g/mol. The first-order valence-electron chi connectivity index (χ1n) is 10.4. The molecule has 2 amide bonds. The third-order valence-electron chi connectivity index (χ3n) is 5.49. The lowest BCUT2D eigenvalue weighted by molar-refractivity contribution is 0.143. The molecular weight excluding hydrogens is 390 g/mol. The van der Waals surface area contributed by atoms with E-state index >= 15 is 0 Å². The highest BCUT2D eigenvalue weighted by Gasteiger charge is 2.21. The summed E-state index contributed by atoms with van der Waals surface area (Å²) < 4.78 is 5.81. The number of hydrogen-bond acceptors (Lipinski definition) is 5. The molecule has 5 rings (SSSR count). The van der Waals surface area contributed by atoms with Crippen molar-refractivity contribution in [1.29, 1.82) is 0 Å². The first-order valence-corrected chi connectivity index (χ1v) is 10.4. The summed E-state index contributed by atoms with van der Waals surface area (Å²) in [5.74, 6) is 0.574. The number of nitrogens with one attached hydrogen (secondary N) is 1. The number of carbonyl (C=O) groups excluding carboxylic acids is 1. The Balaban J connectivity index is 1.16. The van der Waals surface area contributed by atoms with E-state index in [4.69, 9.17) is 4.42 Å². The zero-order chi connectivity index (χ0) is 21.0. The number of aromatic nitrogens is 2. The van der Waals surface area contributed by atoms with Gasteiger partial charge < -0.3 is 14.6 Å². The number of nitrogens with zero attached hydrogens (tertiary/aromatic N) is 4. The standard InChI is InChI=1S/C24H23N5O2/c30-24(29-15-13-28(14-16-29)17-18-9-11-25-12-10-18)26-20-7-5-19(6-8-20)23-27-21-3-1-2-4-22(21)31-23/h1-12H,13-17H2,(H,26,30). The number of carbonyl (C=O) groups is 1. The molecule has 1 fully saturated rings. The Morgan fingerprint density at radius 2 is 1.68 bits per heavy atom. The van der Waals surface area contributed by atoms with Crippen LogP contribution in [0, 0.1) is 0 Å². The molecule has 1 N–H and O–H groups in total. The lowest BCUT2D eigenvalue weighted by Gasteiger charge is -2.34. The maximum absolute atomic E-state index is 12.7. The Morgan fingerprint density at radius 1 is 0.935 bits per heavy atom. The molecule has 156 valence electrons. The van der Waals surface area contributed by atoms with Crippen LogP contribution >= 0.6 is 0 Å². The fourth-order valence-electron chi connectivity index (χ4n) is 3.75. The molecule has 4 aromatic rings. The van der Waals surface area contributed by atoms with Gasteiger partial charge in [-0.15, -0.1) is 0 Å². The minimum atomic E-state index is -0.0711. The van der Waals surface area contributed by atoms with E-state index in [1.165, 1.54) is 5.56 Å². The summed E-state index contributed by atoms with van der Waals surface area (Å²) in [6, 6.07) is 19.3. The predicted molar refractivity (Wildman–Crippen MR) is 120 cm³/mol. The molecule has 0 spiro atoms. The number of benzene rings is 2. The normalized spacial score (nSPS) is 14.6. The molecule has 0 radical (unpaired) electrons. The number of piperazine rings is 1. The molecule has 1 saturated heterocycles. The molecule has 7 heteroatoms. The van der Waals surface area contributed by atoms with Gasteiger partial charge in [0.2, 0.25) is 5.89 Å². The highest BCUT2D eigenvalue weighted by molar-refractivity contribution is 5.89. The van der Waals surface area contributed by atoms with E-state index in [0.717, 1.165) is 42.0 Å². The van der Waals surface area contributed by atoms with Gasteiger partial charge in [-0.1, -0.05) is 12.1 Å². The Bertz CT molecular complexity index is 1130. The van der Waals surface area contributed by atoms with E-state index in [-0.39, 0.29) is 6.03 Å². The van der Waals surface area contributed by atoms with Crippen molar-refractivity contribution in [2.24, 2.45) is 0 Å². The van der Waals surface area contributed by atoms with Crippen molar-refractivity contribution in [3.8, 4) is 11.5 Å². The van der Waals surface area contributed by atoms with E-state index in [1.54, 1.807) is 0 Å². The van der Waals surface area contributed by atoms with Crippen LogP contribution in [0.15, 0.2) is 77.5 Å². The predicted octanol–water partition coefficient (Wildman–Crippen LogP) is 4.24. The molecule has 0 saturated carbocycles. The van der Waals surface area contributed by atoms with Crippen LogP contribution in [0.25, 0.3) is 22.6 Å². The minimum absolute atomic E-state index is 0.0711. The molecule has 0 atom stereocenters. The van der Waals surface area contributed by atoms with Gasteiger partial charge in [-0.25, -0.2) is 9.78 Å². The van der Waals surface area contributed by atoms with Crippen molar-refractivity contribution in [1.82, 2.24) is 19.8 Å². The molecule has 0 bridgehead atoms. The largest absolute Gasteiger partial charge is 0.436 e. The molecule has 7 nitrogen and oxygen atoms in total. The number of para-hydroxylation sites is 2. The number of fused-ring (bicyclic) bond motifs is 1. The first-order chi connectivity index (χ1) is 15.2. The maximum atomic E-state index is 12.7. The van der Waals surface area contributed by atoms with Gasteiger partial charge in [0.25, 0.3) is 0 Å². The molecule has 0 aliphatic carbocycles. The summed E-state index contributed by atoms with van der Waals surface area (Å²) in [5, 5.41) is 2.99. The van der Waals surface area contributed by atoms with Gasteiger partial charge >= 0.3 is 6.03 Å². The van der Waals surface area contributed by atoms with E-state index in [1.807, 2.05) is 78.0 Å². The Morgan fingerprint density at radius 3 is 2.42 bits per heavy atom. The van der Waals surface area contributed by atoms with Crippen LogP contribution in [0.4, 0.5) is 10.5 Å². The highest BCUT2D eigenvalue weighted by Crippen LogP contribution is 2.25. The molecule has 1 aliphatic rings. The zero-order valence-electron chi connectivity index (χ0n) is 17.1. The van der Waals surface area contributed by atoms with Gasteiger partial charge in [0.15, 0.2) is 5.58 Å². The van der Waals surface area contributed by atoms with E-state index in [2.05, 4.69) is 20.2 Å². The number of pyridine rings is 1. The van der Waals surface area contributed by atoms with Crippen molar-refractivity contribution in [2.75, 3.05) is 31.5 Å². The summed E-state index contributed by atoms with van der Waals surface area (Å²) >= 11 is 0. The fourth-order valence-corrected chi connectivity index (χ4v) is 3.75. The van der Waals surface area contributed by atoms with Crippen molar-refractivity contribution in [3.63, 3.8) is 0 Å². The Labute approximate surface area is 180 Å². The zero-order valence-corrected chi connectivity index (χ0v) is 17.1. The summed E-state index contributed by atoms with van der Waals surface area (Å²) in [5.41, 5.74) is 4.46. The van der Waals surface area contributed by atoms with Gasteiger partial charge in [0.05, 0.1) is 0 Å². The average molecular weight is 413 g/mol. The smallest absolute Gasteiger partial charge is 0.321 e. The molecule has 2 aromatic heterocycles. The SMILES string of the molecule is O=C(Nc1ccc(-c2nc3ccccc3o2)cc1)N1CCN(Cc2ccncc2)CC1. The molecule has 31 heavy (non-hydrogen) atoms.